The van der Waals surface area contributed by atoms with Gasteiger partial charge in [-0.2, -0.15) is 0 Å². The van der Waals surface area contributed by atoms with Crippen LogP contribution in [0.5, 0.6) is 5.75 Å². The number of nitrogens with two attached hydrogens (primary N) is 1. The van der Waals surface area contributed by atoms with E-state index < -0.39 is 23.7 Å². The molecule has 5 heteroatoms. The molecule has 0 bridgehead atoms. The standard InChI is InChI=1S/C9H11ClFNO2/c1-4(13)8(12)5-2-3-6(11)7(10)9(5)14/h2-4,8,13-14H,12H2,1H3/t4?,8-/m1/s1. The summed E-state index contributed by atoms with van der Waals surface area (Å²) in [6, 6.07) is 1.61. The van der Waals surface area contributed by atoms with Crippen LogP contribution in [0, 0.1) is 5.82 Å². The lowest BCUT2D eigenvalue weighted by Gasteiger charge is -2.16. The molecule has 0 aliphatic rings. The monoisotopic (exact) mass is 219 g/mol. The Labute approximate surface area is 85.9 Å². The largest absolute Gasteiger partial charge is 0.506 e. The molecule has 1 aromatic rings. The van der Waals surface area contributed by atoms with Crippen LogP contribution in [-0.4, -0.2) is 16.3 Å². The average molecular weight is 220 g/mol. The molecule has 0 radical (unpaired) electrons. The van der Waals surface area contributed by atoms with Crippen LogP contribution in [0.15, 0.2) is 12.1 Å². The first-order chi connectivity index (χ1) is 6.45. The van der Waals surface area contributed by atoms with E-state index in [0.717, 1.165) is 6.07 Å². The van der Waals surface area contributed by atoms with Crippen molar-refractivity contribution >= 4 is 11.6 Å². The zero-order valence-corrected chi connectivity index (χ0v) is 8.29. The van der Waals surface area contributed by atoms with E-state index in [1.54, 1.807) is 0 Å². The van der Waals surface area contributed by atoms with Crippen molar-refractivity contribution in [2.75, 3.05) is 0 Å². The molecule has 14 heavy (non-hydrogen) atoms. The number of aliphatic hydroxyl groups excluding tert-OH is 1. The van der Waals surface area contributed by atoms with Gasteiger partial charge in [0.2, 0.25) is 0 Å². The quantitative estimate of drug-likeness (QED) is 0.707. The minimum absolute atomic E-state index is 0.228. The summed E-state index contributed by atoms with van der Waals surface area (Å²) in [7, 11) is 0. The number of rotatable bonds is 2. The van der Waals surface area contributed by atoms with Gasteiger partial charge in [-0.25, -0.2) is 4.39 Å². The molecule has 0 spiro atoms. The van der Waals surface area contributed by atoms with E-state index in [2.05, 4.69) is 0 Å². The van der Waals surface area contributed by atoms with Gasteiger partial charge < -0.3 is 15.9 Å². The number of phenolic OH excluding ortho intramolecular Hbond substituents is 1. The first kappa shape index (κ1) is 11.2. The predicted octanol–water partition coefficient (Wildman–Crippen LogP) is 1.57. The molecular formula is C9H11ClFNO2. The molecule has 1 unspecified atom stereocenters. The highest BCUT2D eigenvalue weighted by Gasteiger charge is 2.19. The molecule has 0 heterocycles. The third-order valence-corrected chi connectivity index (χ3v) is 2.34. The Hall–Kier alpha value is -0.840. The molecule has 1 rings (SSSR count). The van der Waals surface area contributed by atoms with Crippen LogP contribution in [0.4, 0.5) is 4.39 Å². The minimum atomic E-state index is -0.845. The molecule has 78 valence electrons. The van der Waals surface area contributed by atoms with Crippen molar-refractivity contribution in [3.63, 3.8) is 0 Å². The highest BCUT2D eigenvalue weighted by Crippen LogP contribution is 2.33. The number of halogens is 2. The molecule has 0 amide bonds. The van der Waals surface area contributed by atoms with Crippen molar-refractivity contribution in [1.29, 1.82) is 0 Å². The van der Waals surface area contributed by atoms with Gasteiger partial charge in [0.15, 0.2) is 0 Å². The summed E-state index contributed by atoms with van der Waals surface area (Å²) in [5.74, 6) is -1.13. The molecule has 0 aromatic heterocycles. The number of phenols is 1. The Morgan fingerprint density at radius 3 is 2.57 bits per heavy atom. The van der Waals surface area contributed by atoms with Crippen LogP contribution in [0.3, 0.4) is 0 Å². The first-order valence-corrected chi connectivity index (χ1v) is 4.43. The van der Waals surface area contributed by atoms with E-state index in [9.17, 15) is 14.6 Å². The Morgan fingerprint density at radius 2 is 2.07 bits per heavy atom. The second-order valence-electron chi connectivity index (χ2n) is 3.07. The Balaban J connectivity index is 3.17. The van der Waals surface area contributed by atoms with Gasteiger partial charge in [-0.1, -0.05) is 17.7 Å². The first-order valence-electron chi connectivity index (χ1n) is 4.05. The maximum atomic E-state index is 12.8. The molecule has 0 aliphatic carbocycles. The SMILES string of the molecule is CC(O)[C@@H](N)c1ccc(F)c(Cl)c1O. The third kappa shape index (κ3) is 1.97. The lowest BCUT2D eigenvalue weighted by atomic mass is 10.0. The van der Waals surface area contributed by atoms with Gasteiger partial charge in [0.1, 0.15) is 16.6 Å². The molecule has 1 aromatic carbocycles. The summed E-state index contributed by atoms with van der Waals surface area (Å²) in [5, 5.41) is 18.2. The van der Waals surface area contributed by atoms with E-state index in [-0.39, 0.29) is 10.6 Å². The van der Waals surface area contributed by atoms with E-state index in [1.165, 1.54) is 13.0 Å². The zero-order valence-electron chi connectivity index (χ0n) is 7.54. The van der Waals surface area contributed by atoms with Gasteiger partial charge in [-0.15, -0.1) is 0 Å². The molecular weight excluding hydrogens is 209 g/mol. The molecule has 3 nitrogen and oxygen atoms in total. The lowest BCUT2D eigenvalue weighted by Crippen LogP contribution is -2.23. The number of aliphatic hydroxyl groups is 1. The summed E-state index contributed by atoms with van der Waals surface area (Å²) in [5.41, 5.74) is 5.79. The van der Waals surface area contributed by atoms with Gasteiger partial charge in [-0.05, 0) is 13.0 Å². The van der Waals surface area contributed by atoms with E-state index in [0.29, 0.717) is 0 Å². The molecule has 0 fully saturated rings. The van der Waals surface area contributed by atoms with E-state index >= 15 is 0 Å². The second-order valence-corrected chi connectivity index (χ2v) is 3.44. The number of benzene rings is 1. The van der Waals surface area contributed by atoms with E-state index in [4.69, 9.17) is 17.3 Å². The number of hydrogen-bond acceptors (Lipinski definition) is 3. The van der Waals surface area contributed by atoms with Crippen LogP contribution in [0.2, 0.25) is 5.02 Å². The van der Waals surface area contributed by atoms with Crippen molar-refractivity contribution < 1.29 is 14.6 Å². The number of aromatic hydroxyl groups is 1. The average Bonchev–Trinajstić information content (AvgIpc) is 2.13. The fraction of sp³-hybridized carbons (Fsp3) is 0.333. The predicted molar refractivity (Wildman–Crippen MR) is 51.7 cm³/mol. The summed E-state index contributed by atoms with van der Waals surface area (Å²) < 4.78 is 12.8. The Morgan fingerprint density at radius 1 is 1.50 bits per heavy atom. The smallest absolute Gasteiger partial charge is 0.145 e. The minimum Gasteiger partial charge on any atom is -0.506 e. The molecule has 2 atom stereocenters. The summed E-state index contributed by atoms with van der Waals surface area (Å²) in [6.45, 7) is 1.47. The fourth-order valence-corrected chi connectivity index (χ4v) is 1.26. The van der Waals surface area contributed by atoms with Gasteiger partial charge in [-0.3, -0.25) is 0 Å². The van der Waals surface area contributed by atoms with Crippen molar-refractivity contribution in [2.24, 2.45) is 5.73 Å². The molecule has 0 saturated heterocycles. The summed E-state index contributed by atoms with van der Waals surface area (Å²) in [4.78, 5) is 0. The van der Waals surface area contributed by atoms with Crippen LogP contribution >= 0.6 is 11.6 Å². The van der Waals surface area contributed by atoms with E-state index in [1.807, 2.05) is 0 Å². The third-order valence-electron chi connectivity index (χ3n) is 1.98. The maximum absolute atomic E-state index is 12.8. The highest BCUT2D eigenvalue weighted by molar-refractivity contribution is 6.32. The topological polar surface area (TPSA) is 66.5 Å². The molecule has 4 N–H and O–H groups in total. The summed E-state index contributed by atoms with van der Waals surface area (Å²) >= 11 is 5.47. The van der Waals surface area contributed by atoms with Crippen molar-refractivity contribution in [2.45, 2.75) is 19.1 Å². The molecule has 0 saturated carbocycles. The Kier molecular flexibility index (Phi) is 3.31. The van der Waals surface area contributed by atoms with Crippen LogP contribution in [0.1, 0.15) is 18.5 Å². The fourth-order valence-electron chi connectivity index (χ4n) is 1.08. The van der Waals surface area contributed by atoms with Crippen molar-refractivity contribution in [1.82, 2.24) is 0 Å². The summed E-state index contributed by atoms with van der Waals surface area (Å²) in [6.07, 6.45) is -0.845. The molecule has 0 aliphatic heterocycles. The lowest BCUT2D eigenvalue weighted by molar-refractivity contribution is 0.163. The van der Waals surface area contributed by atoms with Crippen molar-refractivity contribution in [3.8, 4) is 5.75 Å². The van der Waals surface area contributed by atoms with Gasteiger partial charge in [0.25, 0.3) is 0 Å². The van der Waals surface area contributed by atoms with Crippen LogP contribution < -0.4 is 5.73 Å². The number of hydrogen-bond donors (Lipinski definition) is 3. The van der Waals surface area contributed by atoms with Crippen LogP contribution in [-0.2, 0) is 0 Å². The van der Waals surface area contributed by atoms with Gasteiger partial charge in [0.05, 0.1) is 12.1 Å². The van der Waals surface area contributed by atoms with Crippen LogP contribution in [0.25, 0.3) is 0 Å². The maximum Gasteiger partial charge on any atom is 0.145 e. The van der Waals surface area contributed by atoms with Gasteiger partial charge >= 0.3 is 0 Å². The normalized spacial score (nSPS) is 15.2. The zero-order chi connectivity index (χ0) is 10.9. The van der Waals surface area contributed by atoms with Crippen molar-refractivity contribution in [3.05, 3.63) is 28.5 Å². The highest BCUT2D eigenvalue weighted by atomic mass is 35.5. The second kappa shape index (κ2) is 4.13. The van der Waals surface area contributed by atoms with Gasteiger partial charge in [0, 0.05) is 5.56 Å². The Bertz CT molecular complexity index is 344.